The van der Waals surface area contributed by atoms with Crippen LogP contribution in [0, 0.1) is 0 Å². The van der Waals surface area contributed by atoms with Crippen LogP contribution in [0.2, 0.25) is 14.8 Å². The van der Waals surface area contributed by atoms with Crippen LogP contribution in [-0.2, 0) is 6.42 Å². The van der Waals surface area contributed by atoms with Crippen molar-refractivity contribution < 1.29 is 0 Å². The Hall–Kier alpha value is -2.41. The molecule has 0 saturated carbocycles. The van der Waals surface area contributed by atoms with E-state index in [1.54, 1.807) is 6.20 Å². The van der Waals surface area contributed by atoms with Gasteiger partial charge in [0.25, 0.3) is 0 Å². The number of rotatable bonds is 6. The molecule has 0 saturated heterocycles. The zero-order valence-corrected chi connectivity index (χ0v) is 19.4. The van der Waals surface area contributed by atoms with Crippen molar-refractivity contribution in [1.29, 1.82) is 0 Å². The van der Waals surface area contributed by atoms with Gasteiger partial charge in [-0.3, -0.25) is 0 Å². The van der Waals surface area contributed by atoms with Crippen molar-refractivity contribution in [3.05, 3.63) is 72.7 Å². The number of anilines is 1. The Labute approximate surface area is 169 Å². The third-order valence-electron chi connectivity index (χ3n) is 4.84. The molecule has 2 aromatic carbocycles. The summed E-state index contributed by atoms with van der Waals surface area (Å²) in [5.41, 5.74) is 3.40. The molecular weight excluding hydrogens is 453 g/mol. The van der Waals surface area contributed by atoms with E-state index in [-0.39, 0.29) is 0 Å². The fraction of sp³-hybridized carbons (Fsp3) is 0.227. The molecule has 0 spiro atoms. The number of imidazole rings is 1. The van der Waals surface area contributed by atoms with Crippen LogP contribution >= 0.6 is 0 Å². The molecule has 0 bridgehead atoms. The molecular formula is C22H25N5Sn. The van der Waals surface area contributed by atoms with E-state index in [0.29, 0.717) is 5.95 Å². The van der Waals surface area contributed by atoms with Gasteiger partial charge in [-0.05, 0) is 0 Å². The molecule has 2 aromatic heterocycles. The molecule has 0 radical (unpaired) electrons. The van der Waals surface area contributed by atoms with E-state index >= 15 is 0 Å². The van der Waals surface area contributed by atoms with E-state index in [2.05, 4.69) is 77.6 Å². The summed E-state index contributed by atoms with van der Waals surface area (Å²) in [5.74, 6) is 1.46. The van der Waals surface area contributed by atoms with E-state index in [1.807, 2.05) is 23.0 Å². The summed E-state index contributed by atoms with van der Waals surface area (Å²) >= 11 is -2.10. The van der Waals surface area contributed by atoms with Gasteiger partial charge in [0.1, 0.15) is 0 Å². The zero-order valence-electron chi connectivity index (χ0n) is 16.6. The normalized spacial score (nSPS) is 11.7. The maximum absolute atomic E-state index is 4.68. The van der Waals surface area contributed by atoms with Crippen LogP contribution in [0.15, 0.2) is 67.1 Å². The second-order valence-electron chi connectivity index (χ2n) is 7.97. The first-order valence-electron chi connectivity index (χ1n) is 9.59. The van der Waals surface area contributed by atoms with Crippen LogP contribution in [0.1, 0.15) is 5.56 Å². The molecule has 0 fully saturated rings. The average molecular weight is 478 g/mol. The molecule has 0 aliphatic rings. The van der Waals surface area contributed by atoms with Crippen LogP contribution in [-0.4, -0.2) is 44.4 Å². The van der Waals surface area contributed by atoms with Gasteiger partial charge in [-0.25, -0.2) is 0 Å². The second kappa shape index (κ2) is 7.91. The molecule has 4 rings (SSSR count). The van der Waals surface area contributed by atoms with Crippen molar-refractivity contribution in [3.63, 3.8) is 0 Å². The fourth-order valence-electron chi connectivity index (χ4n) is 3.19. The van der Waals surface area contributed by atoms with Crippen LogP contribution in [0.25, 0.3) is 16.9 Å². The van der Waals surface area contributed by atoms with Gasteiger partial charge in [0.2, 0.25) is 0 Å². The van der Waals surface area contributed by atoms with Gasteiger partial charge in [0.15, 0.2) is 0 Å². The second-order valence-corrected chi connectivity index (χ2v) is 22.5. The van der Waals surface area contributed by atoms with Crippen molar-refractivity contribution in [2.24, 2.45) is 0 Å². The summed E-state index contributed by atoms with van der Waals surface area (Å²) in [6.07, 6.45) is 4.57. The Morgan fingerprint density at radius 1 is 0.964 bits per heavy atom. The summed E-state index contributed by atoms with van der Waals surface area (Å²) in [6, 6.07) is 19.0. The number of aromatic nitrogens is 4. The van der Waals surface area contributed by atoms with Crippen molar-refractivity contribution in [3.8, 4) is 5.82 Å². The standard InChI is InChI=1S/C19H16N5.3CH3.Sn/c1-2-6-15(7-3-1)10-12-20-19-21-13-11-18(23-19)24-14-22-16-8-4-5-9-17(16)24;;;;/h1-3,5-9,11,13-14H,10,12H2,(H,20,21,23);3*1H3;. The first-order chi connectivity index (χ1) is 13.5. The van der Waals surface area contributed by atoms with Gasteiger partial charge >= 0.3 is 140 Å². The molecule has 6 heteroatoms. The van der Waals surface area contributed by atoms with Crippen molar-refractivity contribution in [2.75, 3.05) is 11.9 Å². The third-order valence-corrected chi connectivity index (χ3v) is 10.7. The number of hydrogen-bond acceptors (Lipinski definition) is 4. The molecule has 0 atom stereocenters. The Kier molecular flexibility index (Phi) is 5.35. The number of hydrogen-bond donors (Lipinski definition) is 1. The molecule has 0 aliphatic carbocycles. The summed E-state index contributed by atoms with van der Waals surface area (Å²) in [5, 5.41) is 3.32. The molecule has 2 heterocycles. The van der Waals surface area contributed by atoms with E-state index in [1.165, 1.54) is 9.14 Å². The first kappa shape index (κ1) is 18.9. The Morgan fingerprint density at radius 3 is 2.57 bits per heavy atom. The van der Waals surface area contributed by atoms with Crippen molar-refractivity contribution >= 4 is 38.9 Å². The number of nitrogens with one attached hydrogen (secondary N) is 1. The first-order valence-corrected chi connectivity index (χ1v) is 19.6. The van der Waals surface area contributed by atoms with Crippen molar-refractivity contribution in [1.82, 2.24) is 19.5 Å². The van der Waals surface area contributed by atoms with E-state index < -0.39 is 18.4 Å². The number of benzene rings is 2. The molecule has 1 N–H and O–H groups in total. The Bertz CT molecular complexity index is 1080. The SMILES string of the molecule is [CH3][Sn]([CH3])([CH3])[c]1ccc2c(c1)ncn2-c1ccnc(NCCc2ccccc2)n1. The minimum absolute atomic E-state index is 0.637. The quantitative estimate of drug-likeness (QED) is 0.426. The summed E-state index contributed by atoms with van der Waals surface area (Å²) in [6.45, 7) is 0.792. The number of nitrogens with zero attached hydrogens (tertiary/aromatic N) is 4. The Balaban J connectivity index is 1.54. The van der Waals surface area contributed by atoms with E-state index in [4.69, 9.17) is 0 Å². The van der Waals surface area contributed by atoms with E-state index in [9.17, 15) is 0 Å². The van der Waals surface area contributed by atoms with E-state index in [0.717, 1.165) is 29.8 Å². The van der Waals surface area contributed by atoms with Crippen molar-refractivity contribution in [2.45, 2.75) is 21.2 Å². The van der Waals surface area contributed by atoms with Gasteiger partial charge < -0.3 is 0 Å². The predicted octanol–water partition coefficient (Wildman–Crippen LogP) is 4.02. The third kappa shape index (κ3) is 4.19. The fourth-order valence-corrected chi connectivity index (χ4v) is 6.48. The van der Waals surface area contributed by atoms with Gasteiger partial charge in [-0.2, -0.15) is 0 Å². The van der Waals surface area contributed by atoms with Gasteiger partial charge in [0.05, 0.1) is 0 Å². The topological polar surface area (TPSA) is 55.6 Å². The van der Waals surface area contributed by atoms with Crippen LogP contribution in [0.4, 0.5) is 5.95 Å². The monoisotopic (exact) mass is 479 g/mol. The molecule has 0 amide bonds. The van der Waals surface area contributed by atoms with Crippen LogP contribution in [0.3, 0.4) is 0 Å². The molecule has 0 unspecified atom stereocenters. The van der Waals surface area contributed by atoms with Crippen LogP contribution in [0.5, 0.6) is 0 Å². The molecule has 142 valence electrons. The predicted molar refractivity (Wildman–Crippen MR) is 118 cm³/mol. The Morgan fingerprint density at radius 2 is 1.79 bits per heavy atom. The average Bonchev–Trinajstić information content (AvgIpc) is 3.12. The zero-order chi connectivity index (χ0) is 19.6. The van der Waals surface area contributed by atoms with Crippen LogP contribution < -0.4 is 8.90 Å². The molecule has 0 aliphatic heterocycles. The number of fused-ring (bicyclic) bond motifs is 1. The van der Waals surface area contributed by atoms with Gasteiger partial charge in [-0.15, -0.1) is 0 Å². The molecule has 28 heavy (non-hydrogen) atoms. The van der Waals surface area contributed by atoms with Gasteiger partial charge in [-0.1, -0.05) is 30.3 Å². The summed E-state index contributed by atoms with van der Waals surface area (Å²) in [4.78, 5) is 20.9. The molecule has 5 nitrogen and oxygen atoms in total. The molecule has 4 aromatic rings. The maximum atomic E-state index is 4.68. The summed E-state index contributed by atoms with van der Waals surface area (Å²) < 4.78 is 3.51. The minimum atomic E-state index is -2.10. The van der Waals surface area contributed by atoms with Gasteiger partial charge in [0, 0.05) is 0 Å². The summed E-state index contributed by atoms with van der Waals surface area (Å²) in [7, 11) is 0.